The molecule has 0 radical (unpaired) electrons. The first-order valence-electron chi connectivity index (χ1n) is 6.09. The number of benzene rings is 1. The lowest BCUT2D eigenvalue weighted by Crippen LogP contribution is -2.06. The van der Waals surface area contributed by atoms with Crippen molar-refractivity contribution >= 4 is 39.9 Å². The van der Waals surface area contributed by atoms with Crippen LogP contribution in [-0.2, 0) is 0 Å². The van der Waals surface area contributed by atoms with E-state index in [1.165, 1.54) is 5.56 Å². The van der Waals surface area contributed by atoms with Crippen LogP contribution in [0.5, 0.6) is 5.75 Å². The summed E-state index contributed by atoms with van der Waals surface area (Å²) in [5, 5.41) is 9.53. The molecule has 0 saturated heterocycles. The van der Waals surface area contributed by atoms with E-state index in [1.54, 1.807) is 35.7 Å². The largest absolute Gasteiger partial charge is 0.497 e. The summed E-state index contributed by atoms with van der Waals surface area (Å²) in [6.07, 6.45) is 0. The molecule has 4 nitrogen and oxygen atoms in total. The molecule has 2 heterocycles. The maximum atomic E-state index is 5.17. The molecule has 1 aromatic heterocycles. The van der Waals surface area contributed by atoms with E-state index in [2.05, 4.69) is 27.3 Å². The van der Waals surface area contributed by atoms with Crippen molar-refractivity contribution < 1.29 is 4.74 Å². The van der Waals surface area contributed by atoms with Gasteiger partial charge in [-0.1, -0.05) is 23.1 Å². The predicted octanol–water partition coefficient (Wildman–Crippen LogP) is 3.20. The van der Waals surface area contributed by atoms with E-state index in [4.69, 9.17) is 4.74 Å². The van der Waals surface area contributed by atoms with E-state index in [0.717, 1.165) is 27.4 Å². The molecule has 1 aliphatic rings. The fourth-order valence-electron chi connectivity index (χ4n) is 1.79. The third-order valence-corrected chi connectivity index (χ3v) is 6.26. The molecule has 0 saturated carbocycles. The normalized spacial score (nSPS) is 18.1. The van der Waals surface area contributed by atoms with Gasteiger partial charge in [0.2, 0.25) is 0 Å². The van der Waals surface area contributed by atoms with Gasteiger partial charge in [-0.3, -0.25) is 4.99 Å². The lowest BCUT2D eigenvalue weighted by atomic mass is 10.2. The lowest BCUT2D eigenvalue weighted by molar-refractivity contribution is 0.415. The zero-order chi connectivity index (χ0) is 13.8. The third kappa shape index (κ3) is 3.34. The SMILES string of the molecule is COc1ccc(C2=NC[C@@H](CSc3nncs3)S2)cc1. The summed E-state index contributed by atoms with van der Waals surface area (Å²) >= 11 is 5.19. The minimum absolute atomic E-state index is 0.515. The summed E-state index contributed by atoms with van der Waals surface area (Å²) in [7, 11) is 1.68. The topological polar surface area (TPSA) is 47.4 Å². The zero-order valence-corrected chi connectivity index (χ0v) is 13.3. The zero-order valence-electron chi connectivity index (χ0n) is 10.9. The van der Waals surface area contributed by atoms with Crippen LogP contribution >= 0.6 is 34.9 Å². The molecule has 0 spiro atoms. The van der Waals surface area contributed by atoms with E-state index >= 15 is 0 Å². The van der Waals surface area contributed by atoms with Crippen LogP contribution in [0.25, 0.3) is 0 Å². The Hall–Kier alpha value is -1.05. The molecule has 0 aliphatic carbocycles. The Morgan fingerprint density at radius 2 is 2.20 bits per heavy atom. The monoisotopic (exact) mass is 323 g/mol. The van der Waals surface area contributed by atoms with Crippen molar-refractivity contribution in [3.05, 3.63) is 35.3 Å². The molecule has 3 rings (SSSR count). The van der Waals surface area contributed by atoms with Crippen LogP contribution in [-0.4, -0.2) is 39.9 Å². The number of hydrogen-bond acceptors (Lipinski definition) is 7. The molecule has 0 fully saturated rings. The van der Waals surface area contributed by atoms with Gasteiger partial charge in [0.1, 0.15) is 11.3 Å². The first-order valence-corrected chi connectivity index (χ1v) is 8.84. The van der Waals surface area contributed by atoms with E-state index < -0.39 is 0 Å². The number of aromatic nitrogens is 2. The van der Waals surface area contributed by atoms with Crippen molar-refractivity contribution in [2.75, 3.05) is 19.4 Å². The van der Waals surface area contributed by atoms with Gasteiger partial charge in [0.15, 0.2) is 4.34 Å². The predicted molar refractivity (Wildman–Crippen MR) is 86.4 cm³/mol. The average molecular weight is 323 g/mol. The Labute approximate surface area is 130 Å². The standard InChI is InChI=1S/C13H13N3OS3/c1-17-10-4-2-9(3-5-10)12-14-6-11(20-12)7-18-13-16-15-8-19-13/h2-5,8,11H,6-7H2,1H3/t11-/m0/s1. The minimum Gasteiger partial charge on any atom is -0.497 e. The minimum atomic E-state index is 0.515. The fourth-order valence-corrected chi connectivity index (χ4v) is 4.57. The number of hydrogen-bond donors (Lipinski definition) is 0. The highest BCUT2D eigenvalue weighted by Crippen LogP contribution is 2.31. The molecule has 0 N–H and O–H groups in total. The van der Waals surface area contributed by atoms with Gasteiger partial charge < -0.3 is 4.74 Å². The molecule has 1 aliphatic heterocycles. The summed E-state index contributed by atoms with van der Waals surface area (Å²) in [6.45, 7) is 0.873. The number of thioether (sulfide) groups is 2. The second-order valence-electron chi connectivity index (χ2n) is 4.13. The van der Waals surface area contributed by atoms with Crippen LogP contribution in [0, 0.1) is 0 Å². The molecular weight excluding hydrogens is 310 g/mol. The van der Waals surface area contributed by atoms with Crippen LogP contribution in [0.1, 0.15) is 5.56 Å². The van der Waals surface area contributed by atoms with Gasteiger partial charge in [0.25, 0.3) is 0 Å². The number of nitrogens with zero attached hydrogens (tertiary/aromatic N) is 3. The van der Waals surface area contributed by atoms with Crippen LogP contribution < -0.4 is 4.74 Å². The summed E-state index contributed by atoms with van der Waals surface area (Å²) in [5.41, 5.74) is 2.93. The number of ether oxygens (including phenoxy) is 1. The van der Waals surface area contributed by atoms with Crippen molar-refractivity contribution in [3.8, 4) is 5.75 Å². The quantitative estimate of drug-likeness (QED) is 0.791. The van der Waals surface area contributed by atoms with Crippen LogP contribution in [0.15, 0.2) is 39.1 Å². The van der Waals surface area contributed by atoms with Gasteiger partial charge in [-0.2, -0.15) is 0 Å². The molecule has 2 aromatic rings. The highest BCUT2D eigenvalue weighted by atomic mass is 32.2. The number of rotatable bonds is 5. The molecular formula is C13H13N3OS3. The summed E-state index contributed by atoms with van der Waals surface area (Å²) in [4.78, 5) is 4.64. The van der Waals surface area contributed by atoms with E-state index in [1.807, 2.05) is 23.9 Å². The molecule has 0 amide bonds. The molecule has 20 heavy (non-hydrogen) atoms. The van der Waals surface area contributed by atoms with E-state index in [-0.39, 0.29) is 0 Å². The first-order chi connectivity index (χ1) is 9.85. The van der Waals surface area contributed by atoms with Crippen LogP contribution in [0.3, 0.4) is 0 Å². The second kappa shape index (κ2) is 6.60. The van der Waals surface area contributed by atoms with Gasteiger partial charge >= 0.3 is 0 Å². The van der Waals surface area contributed by atoms with Crippen molar-refractivity contribution in [1.82, 2.24) is 10.2 Å². The van der Waals surface area contributed by atoms with Gasteiger partial charge in [0.05, 0.1) is 18.7 Å². The van der Waals surface area contributed by atoms with Gasteiger partial charge in [0, 0.05) is 16.6 Å². The Morgan fingerprint density at radius 3 is 2.90 bits per heavy atom. The maximum Gasteiger partial charge on any atom is 0.174 e. The van der Waals surface area contributed by atoms with Gasteiger partial charge in [-0.25, -0.2) is 0 Å². The molecule has 104 valence electrons. The van der Waals surface area contributed by atoms with E-state index in [0.29, 0.717) is 5.25 Å². The number of aliphatic imine (C=N–C) groups is 1. The number of methoxy groups -OCH3 is 1. The van der Waals surface area contributed by atoms with E-state index in [9.17, 15) is 0 Å². The van der Waals surface area contributed by atoms with Crippen molar-refractivity contribution in [3.63, 3.8) is 0 Å². The van der Waals surface area contributed by atoms with Crippen molar-refractivity contribution in [1.29, 1.82) is 0 Å². The second-order valence-corrected chi connectivity index (χ2v) is 7.52. The van der Waals surface area contributed by atoms with Crippen LogP contribution in [0.4, 0.5) is 0 Å². The average Bonchev–Trinajstić information content (AvgIpc) is 3.17. The highest BCUT2D eigenvalue weighted by Gasteiger charge is 2.21. The molecule has 1 aromatic carbocycles. The molecule has 0 unspecified atom stereocenters. The van der Waals surface area contributed by atoms with Gasteiger partial charge in [-0.15, -0.1) is 22.0 Å². The van der Waals surface area contributed by atoms with Crippen molar-refractivity contribution in [2.45, 2.75) is 9.59 Å². The Bertz CT molecular complexity index is 583. The van der Waals surface area contributed by atoms with Crippen LogP contribution in [0.2, 0.25) is 0 Å². The lowest BCUT2D eigenvalue weighted by Gasteiger charge is -2.06. The molecule has 1 atom stereocenters. The Balaban J connectivity index is 1.55. The Kier molecular flexibility index (Phi) is 4.59. The highest BCUT2D eigenvalue weighted by molar-refractivity contribution is 8.16. The smallest absolute Gasteiger partial charge is 0.174 e. The maximum absolute atomic E-state index is 5.17. The molecule has 7 heteroatoms. The fraction of sp³-hybridized carbons (Fsp3) is 0.308. The van der Waals surface area contributed by atoms with Crippen molar-refractivity contribution in [2.24, 2.45) is 4.99 Å². The summed E-state index contributed by atoms with van der Waals surface area (Å²) < 4.78 is 6.20. The molecule has 0 bridgehead atoms. The Morgan fingerprint density at radius 1 is 1.35 bits per heavy atom. The third-order valence-electron chi connectivity index (χ3n) is 2.79. The van der Waals surface area contributed by atoms with Gasteiger partial charge in [-0.05, 0) is 24.3 Å². The summed E-state index contributed by atoms with van der Waals surface area (Å²) in [6, 6.07) is 8.07. The summed E-state index contributed by atoms with van der Waals surface area (Å²) in [5.74, 6) is 1.89. The first kappa shape index (κ1) is 13.9.